The van der Waals surface area contributed by atoms with Gasteiger partial charge in [-0.1, -0.05) is 0 Å². The van der Waals surface area contributed by atoms with Crippen molar-refractivity contribution in [1.82, 2.24) is 20.0 Å². The van der Waals surface area contributed by atoms with Crippen molar-refractivity contribution in [2.24, 2.45) is 5.92 Å². The predicted molar refractivity (Wildman–Crippen MR) is 79.1 cm³/mol. The van der Waals surface area contributed by atoms with Gasteiger partial charge in [0, 0.05) is 32.7 Å². The topological polar surface area (TPSA) is 21.8 Å². The molecule has 0 radical (unpaired) electrons. The summed E-state index contributed by atoms with van der Waals surface area (Å²) >= 11 is 0. The highest BCUT2D eigenvalue weighted by atomic mass is 15.1. The van der Waals surface area contributed by atoms with Crippen LogP contribution in [0.3, 0.4) is 0 Å². The highest BCUT2D eigenvalue weighted by Crippen LogP contribution is 2.16. The van der Waals surface area contributed by atoms with Crippen LogP contribution in [0, 0.1) is 5.92 Å². The molecule has 0 atom stereocenters. The molecule has 108 valence electrons. The normalized spacial score (nSPS) is 19.0. The third kappa shape index (κ3) is 7.31. The average Bonchev–Trinajstić information content (AvgIpc) is 2.31. The van der Waals surface area contributed by atoms with Gasteiger partial charge in [-0.2, -0.15) is 0 Å². The van der Waals surface area contributed by atoms with E-state index in [1.165, 1.54) is 39.0 Å². The van der Waals surface area contributed by atoms with Gasteiger partial charge in [0.15, 0.2) is 0 Å². The Hall–Kier alpha value is -0.160. The van der Waals surface area contributed by atoms with E-state index in [9.17, 15) is 0 Å². The molecule has 1 aliphatic heterocycles. The van der Waals surface area contributed by atoms with Crippen molar-refractivity contribution in [3.8, 4) is 0 Å². The molecule has 0 unspecified atom stereocenters. The molecular weight excluding hydrogens is 224 g/mol. The van der Waals surface area contributed by atoms with E-state index in [4.69, 9.17) is 0 Å². The summed E-state index contributed by atoms with van der Waals surface area (Å²) in [6.07, 6.45) is 2.74. The van der Waals surface area contributed by atoms with Crippen LogP contribution in [0.4, 0.5) is 0 Å². The maximum Gasteiger partial charge on any atom is 0.0104 e. The van der Waals surface area contributed by atoms with E-state index in [1.807, 2.05) is 0 Å². The molecule has 0 aromatic heterocycles. The number of rotatable bonds is 8. The fourth-order valence-electron chi connectivity index (χ4n) is 2.47. The quantitative estimate of drug-likeness (QED) is 0.635. The Balaban J connectivity index is 1.98. The van der Waals surface area contributed by atoms with Gasteiger partial charge in [0.25, 0.3) is 0 Å². The minimum atomic E-state index is 0.910. The highest BCUT2D eigenvalue weighted by molar-refractivity contribution is 4.72. The molecule has 18 heavy (non-hydrogen) atoms. The van der Waals surface area contributed by atoms with Gasteiger partial charge in [0.05, 0.1) is 0 Å². The average molecular weight is 256 g/mol. The molecule has 4 nitrogen and oxygen atoms in total. The van der Waals surface area contributed by atoms with E-state index in [-0.39, 0.29) is 0 Å². The fourth-order valence-corrected chi connectivity index (χ4v) is 2.47. The largest absolute Gasteiger partial charge is 0.314 e. The molecule has 0 aliphatic carbocycles. The predicted octanol–water partition coefficient (Wildman–Crippen LogP) is 0.411. The maximum absolute atomic E-state index is 3.50. The highest BCUT2D eigenvalue weighted by Gasteiger charge is 2.17. The molecule has 1 aliphatic rings. The van der Waals surface area contributed by atoms with Crippen molar-refractivity contribution in [2.75, 3.05) is 74.0 Å². The first-order valence-corrected chi connectivity index (χ1v) is 7.30. The summed E-state index contributed by atoms with van der Waals surface area (Å²) in [7, 11) is 8.72. The molecule has 1 rings (SSSR count). The van der Waals surface area contributed by atoms with Gasteiger partial charge in [0.1, 0.15) is 0 Å². The molecule has 0 bridgehead atoms. The van der Waals surface area contributed by atoms with Crippen molar-refractivity contribution >= 4 is 0 Å². The summed E-state index contributed by atoms with van der Waals surface area (Å²) in [6.45, 7) is 8.31. The van der Waals surface area contributed by atoms with E-state index in [0.29, 0.717) is 0 Å². The minimum Gasteiger partial charge on any atom is -0.314 e. The second-order valence-electron chi connectivity index (χ2n) is 6.06. The molecule has 0 saturated carbocycles. The number of nitrogens with zero attached hydrogens (tertiary/aromatic N) is 3. The molecule has 0 aromatic carbocycles. The van der Waals surface area contributed by atoms with Crippen LogP contribution < -0.4 is 5.32 Å². The Morgan fingerprint density at radius 1 is 1.06 bits per heavy atom. The lowest BCUT2D eigenvalue weighted by Crippen LogP contribution is -2.38. The maximum atomic E-state index is 3.50. The SMILES string of the molecule is CN(C)CCNCCN(C)CC1CCN(C)CC1. The Kier molecular flexibility index (Phi) is 7.82. The van der Waals surface area contributed by atoms with E-state index < -0.39 is 0 Å². The number of likely N-dealkylation sites (N-methyl/N-ethyl adjacent to an activating group) is 2. The Morgan fingerprint density at radius 3 is 2.28 bits per heavy atom. The molecule has 0 amide bonds. The van der Waals surface area contributed by atoms with E-state index in [0.717, 1.165) is 25.6 Å². The van der Waals surface area contributed by atoms with Crippen LogP contribution in [0.25, 0.3) is 0 Å². The molecule has 1 saturated heterocycles. The van der Waals surface area contributed by atoms with E-state index in [1.54, 1.807) is 0 Å². The van der Waals surface area contributed by atoms with Gasteiger partial charge in [0.2, 0.25) is 0 Å². The van der Waals surface area contributed by atoms with Crippen LogP contribution in [-0.2, 0) is 0 Å². The smallest absolute Gasteiger partial charge is 0.0104 e. The summed E-state index contributed by atoms with van der Waals surface area (Å²) in [5.74, 6) is 0.910. The van der Waals surface area contributed by atoms with Gasteiger partial charge >= 0.3 is 0 Å². The van der Waals surface area contributed by atoms with Crippen molar-refractivity contribution in [2.45, 2.75) is 12.8 Å². The zero-order valence-electron chi connectivity index (χ0n) is 12.8. The zero-order chi connectivity index (χ0) is 13.4. The van der Waals surface area contributed by atoms with Crippen molar-refractivity contribution < 1.29 is 0 Å². The summed E-state index contributed by atoms with van der Waals surface area (Å²) < 4.78 is 0. The molecule has 0 aromatic rings. The lowest BCUT2D eigenvalue weighted by molar-refractivity contribution is 0.176. The Bertz CT molecular complexity index is 200. The first-order chi connectivity index (χ1) is 8.58. The van der Waals surface area contributed by atoms with E-state index >= 15 is 0 Å². The lowest BCUT2D eigenvalue weighted by Gasteiger charge is -2.31. The van der Waals surface area contributed by atoms with Crippen molar-refractivity contribution in [1.29, 1.82) is 0 Å². The molecule has 4 heteroatoms. The summed E-state index contributed by atoms with van der Waals surface area (Å²) in [5, 5.41) is 3.50. The second kappa shape index (κ2) is 8.86. The third-order valence-corrected chi connectivity index (χ3v) is 3.81. The van der Waals surface area contributed by atoms with Gasteiger partial charge < -0.3 is 20.0 Å². The standard InChI is InChI=1S/C14H32N4/c1-16(2)11-7-15-8-12-18(4)13-14-5-9-17(3)10-6-14/h14-15H,5-13H2,1-4H3. The van der Waals surface area contributed by atoms with Crippen LogP contribution in [0.1, 0.15) is 12.8 Å². The number of hydrogen-bond donors (Lipinski definition) is 1. The molecular formula is C14H32N4. The van der Waals surface area contributed by atoms with Crippen molar-refractivity contribution in [3.05, 3.63) is 0 Å². The van der Waals surface area contributed by atoms with Crippen LogP contribution in [-0.4, -0.2) is 88.7 Å². The number of piperidine rings is 1. The zero-order valence-corrected chi connectivity index (χ0v) is 12.8. The summed E-state index contributed by atoms with van der Waals surface area (Å²) in [6, 6.07) is 0. The van der Waals surface area contributed by atoms with Crippen LogP contribution in [0.15, 0.2) is 0 Å². The van der Waals surface area contributed by atoms with Crippen LogP contribution in [0.5, 0.6) is 0 Å². The van der Waals surface area contributed by atoms with Gasteiger partial charge in [-0.15, -0.1) is 0 Å². The molecule has 0 spiro atoms. The molecule has 1 heterocycles. The second-order valence-corrected chi connectivity index (χ2v) is 6.06. The first-order valence-electron chi connectivity index (χ1n) is 7.30. The molecule has 1 fully saturated rings. The Morgan fingerprint density at radius 2 is 1.67 bits per heavy atom. The monoisotopic (exact) mass is 256 g/mol. The van der Waals surface area contributed by atoms with Gasteiger partial charge in [-0.25, -0.2) is 0 Å². The summed E-state index contributed by atoms with van der Waals surface area (Å²) in [5.41, 5.74) is 0. The van der Waals surface area contributed by atoms with Gasteiger partial charge in [-0.05, 0) is 60.0 Å². The number of hydrogen-bond acceptors (Lipinski definition) is 4. The van der Waals surface area contributed by atoms with Crippen LogP contribution >= 0.6 is 0 Å². The number of nitrogens with one attached hydrogen (secondary N) is 1. The first kappa shape index (κ1) is 15.9. The fraction of sp³-hybridized carbons (Fsp3) is 1.00. The number of likely N-dealkylation sites (tertiary alicyclic amines) is 1. The third-order valence-electron chi connectivity index (χ3n) is 3.81. The van der Waals surface area contributed by atoms with E-state index in [2.05, 4.69) is 48.2 Å². The molecule has 1 N–H and O–H groups in total. The van der Waals surface area contributed by atoms with Gasteiger partial charge in [-0.3, -0.25) is 0 Å². The Labute approximate surface area is 113 Å². The minimum absolute atomic E-state index is 0.910. The lowest BCUT2D eigenvalue weighted by atomic mass is 9.97. The summed E-state index contributed by atoms with van der Waals surface area (Å²) in [4.78, 5) is 7.15. The van der Waals surface area contributed by atoms with Crippen LogP contribution in [0.2, 0.25) is 0 Å². The van der Waals surface area contributed by atoms with Crippen molar-refractivity contribution in [3.63, 3.8) is 0 Å².